The Morgan fingerprint density at radius 3 is 1.81 bits per heavy atom. The molecule has 98 valence electrons. The van der Waals surface area contributed by atoms with Crippen LogP contribution in [-0.2, 0) is 16.2 Å². The smallest absolute Gasteiger partial charge is 0.299 e. The second-order valence-electron chi connectivity index (χ2n) is 2.68. The maximum atomic E-state index is 10.0. The Bertz CT molecular complexity index is 211. The second-order valence-corrected chi connectivity index (χ2v) is 3.14. The molecule has 0 rings (SSSR count). The van der Waals surface area contributed by atoms with Crippen LogP contribution in [0.5, 0.6) is 0 Å². The van der Waals surface area contributed by atoms with Gasteiger partial charge >= 0.3 is 0 Å². The zero-order valence-electron chi connectivity index (χ0n) is 8.08. The van der Waals surface area contributed by atoms with Gasteiger partial charge in [0.05, 0.1) is 12.6 Å². The molecule has 0 fully saturated rings. The number of hydrogen-bond acceptors (Lipinski definition) is 7. The van der Waals surface area contributed by atoms with Crippen molar-refractivity contribution in [2.24, 2.45) is 5.73 Å². The Labute approximate surface area is 93.6 Å². The van der Waals surface area contributed by atoms with E-state index in [0.717, 1.165) is 0 Å². The molecule has 8 N–H and O–H groups in total. The minimum absolute atomic E-state index is 0.248. The van der Waals surface area contributed by atoms with Crippen molar-refractivity contribution >= 4 is 17.6 Å². The molecule has 0 amide bonds. The van der Waals surface area contributed by atoms with Crippen LogP contribution in [-0.4, -0.2) is 71.0 Å². The first kappa shape index (κ1) is 17.9. The lowest BCUT2D eigenvalue weighted by Gasteiger charge is -2.23. The van der Waals surface area contributed by atoms with Crippen molar-refractivity contribution in [3.63, 3.8) is 0 Å². The zero-order chi connectivity index (χ0) is 13.3. The first-order chi connectivity index (χ1) is 7.27. The fourth-order valence-electron chi connectivity index (χ4n) is 0.644. The molecular formula is C6H15NO8S. The van der Waals surface area contributed by atoms with E-state index in [9.17, 15) is 4.79 Å². The highest BCUT2D eigenvalue weighted by atomic mass is 32.2. The van der Waals surface area contributed by atoms with Gasteiger partial charge in [-0.05, 0) is 0 Å². The number of hydrogen-bond donors (Lipinski definition) is 7. The van der Waals surface area contributed by atoms with Gasteiger partial charge in [-0.2, -0.15) is 4.21 Å². The molecule has 0 aromatic carbocycles. The third-order valence-corrected chi connectivity index (χ3v) is 1.48. The van der Waals surface area contributed by atoms with Crippen LogP contribution in [0.4, 0.5) is 0 Å². The van der Waals surface area contributed by atoms with Gasteiger partial charge in [-0.15, -0.1) is 0 Å². The topological polar surface area (TPSA) is 182 Å². The maximum absolute atomic E-state index is 10.0. The van der Waals surface area contributed by atoms with Crippen molar-refractivity contribution in [3.05, 3.63) is 0 Å². The van der Waals surface area contributed by atoms with Crippen molar-refractivity contribution in [1.82, 2.24) is 0 Å². The van der Waals surface area contributed by atoms with Crippen LogP contribution in [0.15, 0.2) is 0 Å². The lowest BCUT2D eigenvalue weighted by Crippen LogP contribution is -2.49. The maximum Gasteiger partial charge on any atom is 0.299 e. The van der Waals surface area contributed by atoms with Gasteiger partial charge in [0.1, 0.15) is 24.6 Å². The standard InChI is InChI=1S/C6H13NO5.H2O3S/c7-3(1-8)5(11)6(12)4(10)2-9;1-4(2)3/h1,3-6,9-12H,2,7H2;(H2,1,2,3)/t3-,4+,5+,6+;/m0./s1. The molecule has 0 aliphatic rings. The monoisotopic (exact) mass is 261 g/mol. The average Bonchev–Trinajstić information content (AvgIpc) is 2.24. The molecule has 0 bridgehead atoms. The summed E-state index contributed by atoms with van der Waals surface area (Å²) in [5.41, 5.74) is 5.04. The Morgan fingerprint density at radius 1 is 1.19 bits per heavy atom. The summed E-state index contributed by atoms with van der Waals surface area (Å²) in [4.78, 5) is 10.0. The number of carbonyl (C=O) groups is 1. The van der Waals surface area contributed by atoms with Gasteiger partial charge in [0.2, 0.25) is 0 Å². The quantitative estimate of drug-likeness (QED) is 0.193. The summed E-state index contributed by atoms with van der Waals surface area (Å²) < 4.78 is 22.8. The lowest BCUT2D eigenvalue weighted by atomic mass is 10.0. The third-order valence-electron chi connectivity index (χ3n) is 1.48. The van der Waals surface area contributed by atoms with E-state index in [1.54, 1.807) is 0 Å². The zero-order valence-corrected chi connectivity index (χ0v) is 8.90. The van der Waals surface area contributed by atoms with Crippen molar-refractivity contribution in [3.8, 4) is 0 Å². The summed E-state index contributed by atoms with van der Waals surface area (Å²) in [5, 5.41) is 35.2. The summed E-state index contributed by atoms with van der Waals surface area (Å²) in [6.45, 7) is -0.705. The van der Waals surface area contributed by atoms with Gasteiger partial charge in [-0.1, -0.05) is 0 Å². The highest BCUT2D eigenvalue weighted by molar-refractivity contribution is 7.73. The highest BCUT2D eigenvalue weighted by Gasteiger charge is 2.28. The van der Waals surface area contributed by atoms with E-state index in [1.165, 1.54) is 0 Å². The van der Waals surface area contributed by atoms with Gasteiger partial charge < -0.3 is 31.0 Å². The molecule has 0 aliphatic heterocycles. The minimum atomic E-state index is -2.61. The third kappa shape index (κ3) is 8.82. The predicted octanol–water partition coefficient (Wildman–Crippen LogP) is -3.73. The molecule has 0 aliphatic carbocycles. The van der Waals surface area contributed by atoms with Gasteiger partial charge in [-0.25, -0.2) is 0 Å². The molecule has 0 aromatic rings. The molecule has 0 aromatic heterocycles. The molecule has 0 saturated heterocycles. The van der Waals surface area contributed by atoms with Crippen LogP contribution < -0.4 is 5.73 Å². The fourth-order valence-corrected chi connectivity index (χ4v) is 0.644. The number of rotatable bonds is 5. The molecule has 0 unspecified atom stereocenters. The summed E-state index contributed by atoms with van der Waals surface area (Å²) >= 11 is -2.61. The number of aliphatic hydroxyl groups excluding tert-OH is 4. The molecule has 10 heteroatoms. The summed E-state index contributed by atoms with van der Waals surface area (Å²) in [6.07, 6.45) is -4.43. The van der Waals surface area contributed by atoms with Crippen molar-refractivity contribution in [2.45, 2.75) is 24.4 Å². The Kier molecular flexibility index (Phi) is 10.9. The van der Waals surface area contributed by atoms with E-state index in [2.05, 4.69) is 0 Å². The van der Waals surface area contributed by atoms with Crippen LogP contribution in [0.2, 0.25) is 0 Å². The van der Waals surface area contributed by atoms with E-state index in [0.29, 0.717) is 0 Å². The van der Waals surface area contributed by atoms with Crippen LogP contribution in [0.25, 0.3) is 0 Å². The summed E-state index contributed by atoms with van der Waals surface area (Å²) in [6, 6.07) is -1.26. The number of nitrogens with two attached hydrogens (primary N) is 1. The molecule has 0 spiro atoms. The largest absolute Gasteiger partial charge is 0.394 e. The number of aliphatic hydroxyl groups is 4. The van der Waals surface area contributed by atoms with Crippen LogP contribution >= 0.6 is 0 Å². The Hall–Kier alpha value is -0.460. The van der Waals surface area contributed by atoms with Gasteiger partial charge in [0, 0.05) is 0 Å². The molecule has 0 radical (unpaired) electrons. The summed E-state index contributed by atoms with van der Waals surface area (Å²) in [5.74, 6) is 0. The first-order valence-corrected chi connectivity index (χ1v) is 5.00. The molecule has 0 saturated carbocycles. The first-order valence-electron chi connectivity index (χ1n) is 3.93. The second kappa shape index (κ2) is 9.74. The Balaban J connectivity index is 0. The van der Waals surface area contributed by atoms with E-state index in [4.69, 9.17) is 39.5 Å². The predicted molar refractivity (Wildman–Crippen MR) is 52.5 cm³/mol. The fraction of sp³-hybridized carbons (Fsp3) is 0.833. The van der Waals surface area contributed by atoms with E-state index < -0.39 is 42.3 Å². The SMILES string of the molecule is N[C@@H](C=O)[C@@H](O)[C@H](O)[C@H](O)CO.O=S(O)O. The van der Waals surface area contributed by atoms with Gasteiger partial charge in [0.15, 0.2) is 0 Å². The van der Waals surface area contributed by atoms with Crippen molar-refractivity contribution in [2.75, 3.05) is 6.61 Å². The van der Waals surface area contributed by atoms with Crippen molar-refractivity contribution < 1.29 is 38.5 Å². The van der Waals surface area contributed by atoms with Crippen LogP contribution in [0.3, 0.4) is 0 Å². The molecule has 16 heavy (non-hydrogen) atoms. The lowest BCUT2D eigenvalue weighted by molar-refractivity contribution is -0.118. The molecule has 9 nitrogen and oxygen atoms in total. The summed E-state index contributed by atoms with van der Waals surface area (Å²) in [7, 11) is 0. The normalized spacial score (nSPS) is 18.0. The average molecular weight is 261 g/mol. The van der Waals surface area contributed by atoms with E-state index in [-0.39, 0.29) is 6.29 Å². The van der Waals surface area contributed by atoms with E-state index >= 15 is 0 Å². The van der Waals surface area contributed by atoms with Crippen LogP contribution in [0.1, 0.15) is 0 Å². The molecular weight excluding hydrogens is 246 g/mol. The van der Waals surface area contributed by atoms with Gasteiger partial charge in [0.25, 0.3) is 11.4 Å². The van der Waals surface area contributed by atoms with E-state index in [1.807, 2.05) is 0 Å². The molecule has 0 heterocycles. The number of carbonyl (C=O) groups excluding carboxylic acids is 1. The van der Waals surface area contributed by atoms with Crippen molar-refractivity contribution in [1.29, 1.82) is 0 Å². The highest BCUT2D eigenvalue weighted by Crippen LogP contribution is 2.01. The van der Waals surface area contributed by atoms with Crippen LogP contribution in [0, 0.1) is 0 Å². The molecule has 4 atom stereocenters. The minimum Gasteiger partial charge on any atom is -0.394 e. The van der Waals surface area contributed by atoms with Gasteiger partial charge in [-0.3, -0.25) is 9.11 Å². The Morgan fingerprint density at radius 2 is 1.56 bits per heavy atom. The number of aldehydes is 1.